The molecule has 6 heteroatoms. The van der Waals surface area contributed by atoms with Crippen LogP contribution in [0.5, 0.6) is 0 Å². The van der Waals surface area contributed by atoms with Gasteiger partial charge in [0.1, 0.15) is 6.54 Å². The molecule has 1 saturated heterocycles. The summed E-state index contributed by atoms with van der Waals surface area (Å²) < 4.78 is 0. The molecule has 1 fully saturated rings. The number of hydrogen-bond acceptors (Lipinski definition) is 4. The Balaban J connectivity index is 1.62. The van der Waals surface area contributed by atoms with Gasteiger partial charge < -0.3 is 9.80 Å². The van der Waals surface area contributed by atoms with Crippen LogP contribution in [0.1, 0.15) is 10.4 Å². The van der Waals surface area contributed by atoms with E-state index in [-0.39, 0.29) is 18.4 Å². The fourth-order valence-electron chi connectivity index (χ4n) is 2.26. The molecule has 18 heavy (non-hydrogen) atoms. The lowest BCUT2D eigenvalue weighted by atomic mass is 10.1. The van der Waals surface area contributed by atoms with Crippen LogP contribution in [0.3, 0.4) is 0 Å². The molecule has 4 nitrogen and oxygen atoms in total. The highest BCUT2D eigenvalue weighted by Crippen LogP contribution is 2.24. The average Bonchev–Trinajstić information content (AvgIpc) is 2.98. The second-order valence-electron chi connectivity index (χ2n) is 4.50. The van der Waals surface area contributed by atoms with Crippen molar-refractivity contribution in [3.63, 3.8) is 0 Å². The van der Waals surface area contributed by atoms with E-state index < -0.39 is 0 Å². The molecular weight excluding hydrogens is 268 g/mol. The number of fused-ring (bicyclic) bond motifs is 1. The Labute approximate surface area is 114 Å². The van der Waals surface area contributed by atoms with E-state index in [2.05, 4.69) is 11.4 Å². The quantitative estimate of drug-likeness (QED) is 0.817. The Morgan fingerprint density at radius 2 is 2.33 bits per heavy atom. The Morgan fingerprint density at radius 3 is 3.11 bits per heavy atom. The van der Waals surface area contributed by atoms with Crippen molar-refractivity contribution in [2.24, 2.45) is 0 Å². The molecule has 0 radical (unpaired) electrons. The molecule has 3 rings (SSSR count). The highest BCUT2D eigenvalue weighted by atomic mass is 32.2. The van der Waals surface area contributed by atoms with Crippen LogP contribution < -0.4 is 0 Å². The van der Waals surface area contributed by atoms with Gasteiger partial charge in [-0.2, -0.15) is 0 Å². The molecule has 0 unspecified atom stereocenters. The Kier molecular flexibility index (Phi) is 3.30. The number of thioether (sulfide) groups is 1. The van der Waals surface area contributed by atoms with E-state index in [0.717, 1.165) is 13.0 Å². The standard InChI is InChI=1S/C12H14N2O2S2/c15-11(6-14-8-17-7-12(14)16)13-3-1-10-9(5-13)2-4-18-10/h2,4H,1,3,5-8H2. The number of thiophene rings is 1. The summed E-state index contributed by atoms with van der Waals surface area (Å²) in [6, 6.07) is 2.09. The Morgan fingerprint density at radius 1 is 1.44 bits per heavy atom. The smallest absolute Gasteiger partial charge is 0.242 e. The number of hydrogen-bond donors (Lipinski definition) is 0. The first-order chi connectivity index (χ1) is 8.74. The van der Waals surface area contributed by atoms with Crippen LogP contribution in [0, 0.1) is 0 Å². The second kappa shape index (κ2) is 4.93. The van der Waals surface area contributed by atoms with Crippen molar-refractivity contribution in [1.29, 1.82) is 0 Å². The van der Waals surface area contributed by atoms with Gasteiger partial charge in [0.15, 0.2) is 0 Å². The largest absolute Gasteiger partial charge is 0.336 e. The van der Waals surface area contributed by atoms with Crippen LogP contribution in [0.4, 0.5) is 0 Å². The van der Waals surface area contributed by atoms with E-state index in [1.165, 1.54) is 10.4 Å². The van der Waals surface area contributed by atoms with Crippen LogP contribution in [0.2, 0.25) is 0 Å². The summed E-state index contributed by atoms with van der Waals surface area (Å²) in [4.78, 5) is 28.6. The fourth-order valence-corrected chi connectivity index (χ4v) is 4.06. The number of rotatable bonds is 2. The molecule has 0 aromatic carbocycles. The van der Waals surface area contributed by atoms with Crippen LogP contribution >= 0.6 is 23.1 Å². The highest BCUT2D eigenvalue weighted by molar-refractivity contribution is 8.00. The van der Waals surface area contributed by atoms with Crippen molar-refractivity contribution in [1.82, 2.24) is 9.80 Å². The molecule has 0 spiro atoms. The summed E-state index contributed by atoms with van der Waals surface area (Å²) >= 11 is 3.34. The summed E-state index contributed by atoms with van der Waals surface area (Å²) in [7, 11) is 0. The zero-order valence-corrected chi connectivity index (χ0v) is 11.6. The van der Waals surface area contributed by atoms with Gasteiger partial charge in [0.2, 0.25) is 11.8 Å². The average molecular weight is 282 g/mol. The minimum absolute atomic E-state index is 0.0719. The van der Waals surface area contributed by atoms with Crippen LogP contribution in [0.15, 0.2) is 11.4 Å². The summed E-state index contributed by atoms with van der Waals surface area (Å²) in [5.74, 6) is 1.33. The maximum atomic E-state index is 12.2. The zero-order valence-electron chi connectivity index (χ0n) is 9.92. The summed E-state index contributed by atoms with van der Waals surface area (Å²) in [5, 5.41) is 2.08. The number of carbonyl (C=O) groups excluding carboxylic acids is 2. The maximum Gasteiger partial charge on any atom is 0.242 e. The van der Waals surface area contributed by atoms with Gasteiger partial charge in [-0.05, 0) is 23.4 Å². The van der Waals surface area contributed by atoms with Crippen molar-refractivity contribution in [3.8, 4) is 0 Å². The van der Waals surface area contributed by atoms with Gasteiger partial charge in [-0.3, -0.25) is 9.59 Å². The van der Waals surface area contributed by atoms with Crippen LogP contribution in [0.25, 0.3) is 0 Å². The van der Waals surface area contributed by atoms with Crippen molar-refractivity contribution in [2.45, 2.75) is 13.0 Å². The molecule has 0 N–H and O–H groups in total. The van der Waals surface area contributed by atoms with Crippen LogP contribution in [-0.4, -0.2) is 46.3 Å². The molecule has 96 valence electrons. The lowest BCUT2D eigenvalue weighted by molar-refractivity contribution is -0.138. The van der Waals surface area contributed by atoms with Gasteiger partial charge in [-0.25, -0.2) is 0 Å². The summed E-state index contributed by atoms with van der Waals surface area (Å²) in [6.07, 6.45) is 0.946. The normalized spacial score (nSPS) is 19.2. The topological polar surface area (TPSA) is 40.6 Å². The second-order valence-corrected chi connectivity index (χ2v) is 6.46. The van der Waals surface area contributed by atoms with Crippen molar-refractivity contribution < 1.29 is 9.59 Å². The lowest BCUT2D eigenvalue weighted by Crippen LogP contribution is -2.42. The summed E-state index contributed by atoms with van der Waals surface area (Å²) in [6.45, 7) is 1.72. The fraction of sp³-hybridized carbons (Fsp3) is 0.500. The minimum atomic E-state index is 0.0719. The number of carbonyl (C=O) groups is 2. The predicted molar refractivity (Wildman–Crippen MR) is 72.5 cm³/mol. The molecule has 2 amide bonds. The van der Waals surface area contributed by atoms with Crippen molar-refractivity contribution in [2.75, 3.05) is 24.7 Å². The predicted octanol–water partition coefficient (Wildman–Crippen LogP) is 1.17. The van der Waals surface area contributed by atoms with E-state index in [1.807, 2.05) is 4.90 Å². The van der Waals surface area contributed by atoms with Gasteiger partial charge in [0.05, 0.1) is 11.6 Å². The lowest BCUT2D eigenvalue weighted by Gasteiger charge is -2.28. The van der Waals surface area contributed by atoms with E-state index in [0.29, 0.717) is 18.2 Å². The van der Waals surface area contributed by atoms with E-state index in [9.17, 15) is 9.59 Å². The molecule has 3 heterocycles. The molecule has 0 atom stereocenters. The molecule has 1 aromatic heterocycles. The van der Waals surface area contributed by atoms with Gasteiger partial charge in [-0.1, -0.05) is 0 Å². The first-order valence-electron chi connectivity index (χ1n) is 5.92. The molecular formula is C12H14N2O2S2. The molecule has 2 aliphatic heterocycles. The molecule has 0 saturated carbocycles. The first kappa shape index (κ1) is 12.0. The highest BCUT2D eigenvalue weighted by Gasteiger charge is 2.27. The number of amides is 2. The minimum Gasteiger partial charge on any atom is -0.336 e. The van der Waals surface area contributed by atoms with Gasteiger partial charge in [0.25, 0.3) is 0 Å². The van der Waals surface area contributed by atoms with E-state index in [4.69, 9.17) is 0 Å². The SMILES string of the molecule is O=C1CSCN1CC(=O)N1CCc2sccc2C1. The summed E-state index contributed by atoms with van der Waals surface area (Å²) in [5.41, 5.74) is 1.27. The van der Waals surface area contributed by atoms with Gasteiger partial charge in [-0.15, -0.1) is 23.1 Å². The third-order valence-electron chi connectivity index (χ3n) is 3.31. The Hall–Kier alpha value is -1.01. The third-order valence-corrected chi connectivity index (χ3v) is 5.28. The zero-order chi connectivity index (χ0) is 12.5. The van der Waals surface area contributed by atoms with Crippen molar-refractivity contribution in [3.05, 3.63) is 21.9 Å². The Bertz CT molecular complexity index is 486. The first-order valence-corrected chi connectivity index (χ1v) is 7.96. The van der Waals surface area contributed by atoms with Gasteiger partial charge in [0, 0.05) is 18.0 Å². The molecule has 1 aromatic rings. The maximum absolute atomic E-state index is 12.2. The van der Waals surface area contributed by atoms with Gasteiger partial charge >= 0.3 is 0 Å². The van der Waals surface area contributed by atoms with E-state index in [1.54, 1.807) is 28.0 Å². The number of nitrogens with zero attached hydrogens (tertiary/aromatic N) is 2. The molecule has 0 aliphatic carbocycles. The molecule has 0 bridgehead atoms. The van der Waals surface area contributed by atoms with Crippen molar-refractivity contribution >= 4 is 34.9 Å². The molecule has 2 aliphatic rings. The third kappa shape index (κ3) is 2.27. The van der Waals surface area contributed by atoms with E-state index >= 15 is 0 Å². The van der Waals surface area contributed by atoms with Crippen LogP contribution in [-0.2, 0) is 22.6 Å². The monoisotopic (exact) mass is 282 g/mol.